The van der Waals surface area contributed by atoms with Crippen molar-refractivity contribution in [3.63, 3.8) is 0 Å². The number of para-hydroxylation sites is 1. The summed E-state index contributed by atoms with van der Waals surface area (Å²) in [6, 6.07) is 24.2. The highest BCUT2D eigenvalue weighted by molar-refractivity contribution is 5.99. The average molecular weight is 362 g/mol. The van der Waals surface area contributed by atoms with E-state index in [2.05, 4.69) is 25.1 Å². The second-order valence-corrected chi connectivity index (χ2v) is 6.36. The minimum absolute atomic E-state index is 0. The van der Waals surface area contributed by atoms with Crippen LogP contribution in [0.15, 0.2) is 72.8 Å². The first kappa shape index (κ1) is 18.0. The molecule has 0 fully saturated rings. The van der Waals surface area contributed by atoms with Gasteiger partial charge in [0.1, 0.15) is 5.75 Å². The van der Waals surface area contributed by atoms with Crippen molar-refractivity contribution in [1.82, 2.24) is 4.98 Å². The molecule has 3 aromatic carbocycles. The highest BCUT2D eigenvalue weighted by Gasteiger charge is 2.16. The third-order valence-corrected chi connectivity index (χ3v) is 4.61. The third-order valence-electron chi connectivity index (χ3n) is 4.61. The van der Waals surface area contributed by atoms with E-state index in [1.54, 1.807) is 6.07 Å². The number of aromatic nitrogens is 1. The van der Waals surface area contributed by atoms with Crippen LogP contribution in [0.4, 0.5) is 0 Å². The van der Waals surface area contributed by atoms with E-state index >= 15 is 0 Å². The molecular weight excluding hydrogens is 342 g/mol. The summed E-state index contributed by atoms with van der Waals surface area (Å²) >= 11 is 0. The summed E-state index contributed by atoms with van der Waals surface area (Å²) < 4.78 is 0. The summed E-state index contributed by atoms with van der Waals surface area (Å²) in [5.74, 6) is 0.260. The molecule has 0 amide bonds. The zero-order chi connectivity index (χ0) is 17.4. The fourth-order valence-electron chi connectivity index (χ4n) is 3.39. The van der Waals surface area contributed by atoms with Crippen molar-refractivity contribution in [3.8, 4) is 28.1 Å². The highest BCUT2D eigenvalue weighted by atomic mass is 35.5. The Morgan fingerprint density at radius 1 is 0.808 bits per heavy atom. The maximum Gasteiger partial charge on any atom is 0.125 e. The van der Waals surface area contributed by atoms with Crippen molar-refractivity contribution >= 4 is 23.3 Å². The van der Waals surface area contributed by atoms with Crippen LogP contribution in [0.2, 0.25) is 0 Å². The number of rotatable bonds is 2. The van der Waals surface area contributed by atoms with Crippen LogP contribution in [0.25, 0.3) is 33.3 Å². The lowest BCUT2D eigenvalue weighted by Gasteiger charge is -2.16. The van der Waals surface area contributed by atoms with Crippen LogP contribution in [-0.2, 0) is 0 Å². The smallest absolute Gasteiger partial charge is 0.125 e. The molecule has 0 aliphatic rings. The minimum Gasteiger partial charge on any atom is -0.507 e. The van der Waals surface area contributed by atoms with Crippen molar-refractivity contribution in [2.24, 2.45) is 0 Å². The van der Waals surface area contributed by atoms with Crippen LogP contribution in [0.5, 0.6) is 5.75 Å². The molecule has 0 atom stereocenters. The van der Waals surface area contributed by atoms with Crippen LogP contribution < -0.4 is 0 Å². The Kier molecular flexibility index (Phi) is 4.97. The van der Waals surface area contributed by atoms with E-state index in [9.17, 15) is 5.11 Å². The summed E-state index contributed by atoms with van der Waals surface area (Å²) in [5, 5.41) is 11.5. The number of pyridine rings is 1. The minimum atomic E-state index is 0. The Morgan fingerprint density at radius 3 is 2.27 bits per heavy atom. The number of nitrogens with zero attached hydrogens (tertiary/aromatic N) is 1. The number of aryl methyl sites for hydroxylation is 1. The lowest BCUT2D eigenvalue weighted by molar-refractivity contribution is 0.477. The maximum atomic E-state index is 10.4. The molecule has 4 rings (SSSR count). The van der Waals surface area contributed by atoms with Gasteiger partial charge in [0.05, 0.1) is 11.2 Å². The van der Waals surface area contributed by atoms with Gasteiger partial charge in [0, 0.05) is 10.9 Å². The summed E-state index contributed by atoms with van der Waals surface area (Å²) in [7, 11) is 0. The number of hydrogen-bond acceptors (Lipinski definition) is 2. The van der Waals surface area contributed by atoms with Gasteiger partial charge < -0.3 is 5.11 Å². The molecule has 4 aromatic rings. The van der Waals surface area contributed by atoms with Crippen LogP contribution in [-0.4, -0.2) is 10.1 Å². The number of phenolic OH excluding ortho intramolecular Hbond substituents is 1. The first-order valence-corrected chi connectivity index (χ1v) is 8.40. The van der Waals surface area contributed by atoms with Crippen molar-refractivity contribution in [2.75, 3.05) is 0 Å². The Hall–Kier alpha value is -2.84. The molecule has 1 heterocycles. The van der Waals surface area contributed by atoms with Gasteiger partial charge in [-0.1, -0.05) is 60.2 Å². The fourth-order valence-corrected chi connectivity index (χ4v) is 3.39. The monoisotopic (exact) mass is 361 g/mol. The Labute approximate surface area is 159 Å². The van der Waals surface area contributed by atoms with Crippen LogP contribution in [0.1, 0.15) is 11.1 Å². The van der Waals surface area contributed by atoms with Gasteiger partial charge in [-0.3, -0.25) is 0 Å². The number of hydrogen-bond donors (Lipinski definition) is 1. The normalized spacial score (nSPS) is 10.5. The van der Waals surface area contributed by atoms with Crippen molar-refractivity contribution in [3.05, 3.63) is 83.9 Å². The molecule has 0 aliphatic carbocycles. The van der Waals surface area contributed by atoms with Crippen LogP contribution >= 0.6 is 12.4 Å². The molecule has 1 N–H and O–H groups in total. The van der Waals surface area contributed by atoms with Crippen LogP contribution in [0, 0.1) is 13.8 Å². The lowest BCUT2D eigenvalue weighted by Crippen LogP contribution is -1.96. The van der Waals surface area contributed by atoms with Gasteiger partial charge >= 0.3 is 0 Å². The van der Waals surface area contributed by atoms with Gasteiger partial charge in [0.2, 0.25) is 0 Å². The Balaban J connectivity index is 0.00000196. The Bertz CT molecular complexity index is 1070. The van der Waals surface area contributed by atoms with E-state index < -0.39 is 0 Å². The molecule has 26 heavy (non-hydrogen) atoms. The van der Waals surface area contributed by atoms with Crippen molar-refractivity contribution in [2.45, 2.75) is 13.8 Å². The number of phenols is 1. The van der Waals surface area contributed by atoms with Gasteiger partial charge in [-0.2, -0.15) is 0 Å². The Morgan fingerprint density at radius 2 is 1.50 bits per heavy atom. The van der Waals surface area contributed by atoms with Crippen molar-refractivity contribution in [1.29, 1.82) is 0 Å². The first-order valence-electron chi connectivity index (χ1n) is 8.40. The summed E-state index contributed by atoms with van der Waals surface area (Å²) in [5.41, 5.74) is 7.05. The van der Waals surface area contributed by atoms with E-state index in [0.29, 0.717) is 0 Å². The average Bonchev–Trinajstić information content (AvgIpc) is 2.64. The SMILES string of the molecule is Cc1ccc(O)c(-c2nc3ccccc3c(-c3ccccc3)c2C)c1.Cl. The number of benzene rings is 3. The topological polar surface area (TPSA) is 33.1 Å². The second kappa shape index (κ2) is 7.19. The van der Waals surface area contributed by atoms with Gasteiger partial charge in [0.15, 0.2) is 0 Å². The maximum absolute atomic E-state index is 10.4. The van der Waals surface area contributed by atoms with E-state index in [1.165, 1.54) is 5.56 Å². The molecule has 2 nitrogen and oxygen atoms in total. The van der Waals surface area contributed by atoms with Gasteiger partial charge in [-0.05, 0) is 48.7 Å². The standard InChI is InChI=1S/C23H19NO.ClH/c1-15-12-13-21(25)19(14-15)23-16(2)22(17-8-4-3-5-9-17)18-10-6-7-11-20(18)24-23;/h3-14,25H,1-2H3;1H. The zero-order valence-corrected chi connectivity index (χ0v) is 15.5. The predicted molar refractivity (Wildman–Crippen MR) is 111 cm³/mol. The molecule has 1 aromatic heterocycles. The van der Waals surface area contributed by atoms with E-state index in [1.807, 2.05) is 55.5 Å². The first-order chi connectivity index (χ1) is 12.1. The van der Waals surface area contributed by atoms with E-state index in [-0.39, 0.29) is 18.2 Å². The van der Waals surface area contributed by atoms with Gasteiger partial charge in [-0.15, -0.1) is 12.4 Å². The molecule has 0 saturated heterocycles. The summed E-state index contributed by atoms with van der Waals surface area (Å²) in [4.78, 5) is 4.87. The number of fused-ring (bicyclic) bond motifs is 1. The summed E-state index contributed by atoms with van der Waals surface area (Å²) in [6.45, 7) is 4.11. The lowest BCUT2D eigenvalue weighted by atomic mass is 9.92. The van der Waals surface area contributed by atoms with Gasteiger partial charge in [-0.25, -0.2) is 4.98 Å². The molecule has 0 spiro atoms. The molecule has 0 unspecified atom stereocenters. The predicted octanol–water partition coefficient (Wildman–Crippen LogP) is 6.31. The van der Waals surface area contributed by atoms with Crippen LogP contribution in [0.3, 0.4) is 0 Å². The molecule has 0 bridgehead atoms. The summed E-state index contributed by atoms with van der Waals surface area (Å²) in [6.07, 6.45) is 0. The largest absolute Gasteiger partial charge is 0.507 e. The zero-order valence-electron chi connectivity index (χ0n) is 14.7. The second-order valence-electron chi connectivity index (χ2n) is 6.36. The quantitative estimate of drug-likeness (QED) is 0.453. The molecule has 0 aliphatic heterocycles. The molecule has 3 heteroatoms. The molecule has 0 saturated carbocycles. The molecule has 130 valence electrons. The fraction of sp³-hybridized carbons (Fsp3) is 0.0870. The third kappa shape index (κ3) is 3.04. The van der Waals surface area contributed by atoms with E-state index in [0.717, 1.165) is 38.9 Å². The number of aromatic hydroxyl groups is 1. The van der Waals surface area contributed by atoms with Crippen molar-refractivity contribution < 1.29 is 5.11 Å². The highest BCUT2D eigenvalue weighted by Crippen LogP contribution is 2.39. The van der Waals surface area contributed by atoms with E-state index in [4.69, 9.17) is 4.98 Å². The van der Waals surface area contributed by atoms with Gasteiger partial charge in [0.25, 0.3) is 0 Å². The number of halogens is 1. The molecular formula is C23H20ClNO. The molecule has 0 radical (unpaired) electrons.